The Morgan fingerprint density at radius 1 is 1.52 bits per heavy atom. The first-order chi connectivity index (χ1) is 10.1. The van der Waals surface area contributed by atoms with Crippen LogP contribution in [0.3, 0.4) is 0 Å². The molecule has 116 valence electrons. The number of urea groups is 1. The summed E-state index contributed by atoms with van der Waals surface area (Å²) in [5.41, 5.74) is 0.301. The van der Waals surface area contributed by atoms with Crippen LogP contribution in [0.4, 0.5) is 4.79 Å². The van der Waals surface area contributed by atoms with Crippen molar-refractivity contribution in [1.82, 2.24) is 10.2 Å². The van der Waals surface area contributed by atoms with Crippen molar-refractivity contribution in [2.75, 3.05) is 13.1 Å². The van der Waals surface area contributed by atoms with E-state index in [0.29, 0.717) is 32.5 Å². The number of amides is 2. The summed E-state index contributed by atoms with van der Waals surface area (Å²) in [7, 11) is 0. The summed E-state index contributed by atoms with van der Waals surface area (Å²) >= 11 is 1.59. The van der Waals surface area contributed by atoms with E-state index in [1.807, 2.05) is 23.8 Å². The van der Waals surface area contributed by atoms with Crippen LogP contribution in [-0.2, 0) is 11.3 Å². The lowest BCUT2D eigenvalue weighted by atomic mass is 9.76. The highest BCUT2D eigenvalue weighted by molar-refractivity contribution is 7.07. The number of carbonyl (C=O) groups is 2. The molecule has 0 aliphatic carbocycles. The zero-order chi connectivity index (χ0) is 15.3. The van der Waals surface area contributed by atoms with E-state index in [9.17, 15) is 14.7 Å². The maximum atomic E-state index is 12.2. The molecule has 1 unspecified atom stereocenters. The second-order valence-corrected chi connectivity index (χ2v) is 6.43. The minimum absolute atomic E-state index is 0.164. The van der Waals surface area contributed by atoms with Gasteiger partial charge in [0, 0.05) is 19.6 Å². The molecular formula is C15H22N2O3S. The number of hydrogen-bond acceptors (Lipinski definition) is 3. The lowest BCUT2D eigenvalue weighted by Gasteiger charge is -2.39. The lowest BCUT2D eigenvalue weighted by Crippen LogP contribution is -2.52. The van der Waals surface area contributed by atoms with Crippen LogP contribution in [0.5, 0.6) is 0 Å². The molecule has 0 aromatic carbocycles. The molecule has 0 radical (unpaired) electrons. The van der Waals surface area contributed by atoms with E-state index >= 15 is 0 Å². The van der Waals surface area contributed by atoms with E-state index < -0.39 is 11.4 Å². The molecule has 5 nitrogen and oxygen atoms in total. The van der Waals surface area contributed by atoms with Gasteiger partial charge in [-0.3, -0.25) is 4.79 Å². The van der Waals surface area contributed by atoms with Gasteiger partial charge in [0.15, 0.2) is 0 Å². The first kappa shape index (κ1) is 15.8. The molecule has 2 N–H and O–H groups in total. The molecule has 2 amide bonds. The van der Waals surface area contributed by atoms with Crippen molar-refractivity contribution in [3.63, 3.8) is 0 Å². The van der Waals surface area contributed by atoms with Gasteiger partial charge in [-0.15, -0.1) is 0 Å². The maximum Gasteiger partial charge on any atom is 0.317 e. The summed E-state index contributed by atoms with van der Waals surface area (Å²) in [5, 5.41) is 16.4. The molecule has 1 saturated heterocycles. The van der Waals surface area contributed by atoms with Gasteiger partial charge < -0.3 is 15.3 Å². The molecule has 1 aromatic heterocycles. The molecule has 2 heterocycles. The molecule has 1 aromatic rings. The van der Waals surface area contributed by atoms with Gasteiger partial charge in [0.25, 0.3) is 0 Å². The Kier molecular flexibility index (Phi) is 5.22. The second kappa shape index (κ2) is 6.93. The van der Waals surface area contributed by atoms with Crippen molar-refractivity contribution in [3.8, 4) is 0 Å². The Balaban J connectivity index is 1.96. The minimum Gasteiger partial charge on any atom is -0.481 e. The topological polar surface area (TPSA) is 69.6 Å². The van der Waals surface area contributed by atoms with Crippen molar-refractivity contribution in [1.29, 1.82) is 0 Å². The van der Waals surface area contributed by atoms with Crippen molar-refractivity contribution < 1.29 is 14.7 Å². The molecule has 0 bridgehead atoms. The van der Waals surface area contributed by atoms with Gasteiger partial charge in [-0.25, -0.2) is 4.79 Å². The lowest BCUT2D eigenvalue weighted by molar-refractivity contribution is -0.152. The number of thiophene rings is 1. The van der Waals surface area contributed by atoms with Crippen molar-refractivity contribution in [3.05, 3.63) is 22.4 Å². The molecule has 21 heavy (non-hydrogen) atoms. The summed E-state index contributed by atoms with van der Waals surface area (Å²) in [4.78, 5) is 25.5. The monoisotopic (exact) mass is 310 g/mol. The molecule has 1 atom stereocenters. The van der Waals surface area contributed by atoms with E-state index in [1.54, 1.807) is 16.2 Å². The highest BCUT2D eigenvalue weighted by Crippen LogP contribution is 2.35. The summed E-state index contributed by atoms with van der Waals surface area (Å²) in [5.74, 6) is -0.778. The number of nitrogens with one attached hydrogen (secondary N) is 1. The Morgan fingerprint density at radius 2 is 2.33 bits per heavy atom. The predicted octanol–water partition coefficient (Wildman–Crippen LogP) is 2.92. The first-order valence-corrected chi connectivity index (χ1v) is 8.29. The van der Waals surface area contributed by atoms with Crippen molar-refractivity contribution >= 4 is 23.3 Å². The zero-order valence-corrected chi connectivity index (χ0v) is 13.1. The molecule has 0 saturated carbocycles. The van der Waals surface area contributed by atoms with Gasteiger partial charge in [0.2, 0.25) is 0 Å². The molecule has 1 fully saturated rings. The first-order valence-electron chi connectivity index (χ1n) is 7.34. The molecular weight excluding hydrogens is 288 g/mol. The molecule has 2 rings (SSSR count). The third-order valence-electron chi connectivity index (χ3n) is 4.07. The smallest absolute Gasteiger partial charge is 0.317 e. The van der Waals surface area contributed by atoms with Crippen LogP contribution < -0.4 is 5.32 Å². The summed E-state index contributed by atoms with van der Waals surface area (Å²) in [6.45, 7) is 3.42. The van der Waals surface area contributed by atoms with Crippen LogP contribution in [0.2, 0.25) is 0 Å². The van der Waals surface area contributed by atoms with Gasteiger partial charge >= 0.3 is 12.0 Å². The largest absolute Gasteiger partial charge is 0.481 e. The van der Waals surface area contributed by atoms with E-state index in [1.165, 1.54) is 0 Å². The van der Waals surface area contributed by atoms with Gasteiger partial charge in [-0.05, 0) is 41.7 Å². The summed E-state index contributed by atoms with van der Waals surface area (Å²) in [6.07, 6.45) is 2.84. The van der Waals surface area contributed by atoms with Crippen molar-refractivity contribution in [2.24, 2.45) is 5.41 Å². The quantitative estimate of drug-likeness (QED) is 0.878. The standard InChI is InChI=1S/C15H22N2O3S/c1-2-5-15(13(18)19)6-3-7-17(11-15)14(20)16-9-12-4-8-21-10-12/h4,8,10H,2-3,5-7,9,11H2,1H3,(H,16,20)(H,18,19). The van der Waals surface area contributed by atoms with Crippen LogP contribution in [0.25, 0.3) is 0 Å². The van der Waals surface area contributed by atoms with E-state index in [0.717, 1.165) is 18.4 Å². The van der Waals surface area contributed by atoms with Gasteiger partial charge in [-0.1, -0.05) is 13.3 Å². The number of carboxylic acids is 1. The Bertz CT molecular complexity index is 485. The summed E-state index contributed by atoms with van der Waals surface area (Å²) < 4.78 is 0. The van der Waals surface area contributed by atoms with Crippen LogP contribution in [0.1, 0.15) is 38.2 Å². The highest BCUT2D eigenvalue weighted by atomic mass is 32.1. The fraction of sp³-hybridized carbons (Fsp3) is 0.600. The number of aliphatic carboxylic acids is 1. The van der Waals surface area contributed by atoms with Crippen LogP contribution in [0, 0.1) is 5.41 Å². The maximum absolute atomic E-state index is 12.2. The summed E-state index contributed by atoms with van der Waals surface area (Å²) in [6, 6.07) is 1.81. The van der Waals surface area contributed by atoms with E-state index in [2.05, 4.69) is 5.32 Å². The molecule has 1 aliphatic heterocycles. The number of rotatable bonds is 5. The number of nitrogens with zero attached hydrogens (tertiary/aromatic N) is 1. The predicted molar refractivity (Wildman–Crippen MR) is 82.3 cm³/mol. The van der Waals surface area contributed by atoms with E-state index in [4.69, 9.17) is 0 Å². The van der Waals surface area contributed by atoms with E-state index in [-0.39, 0.29) is 6.03 Å². The number of hydrogen-bond donors (Lipinski definition) is 2. The van der Waals surface area contributed by atoms with Crippen LogP contribution in [-0.4, -0.2) is 35.1 Å². The fourth-order valence-corrected chi connectivity index (χ4v) is 3.62. The number of likely N-dealkylation sites (tertiary alicyclic amines) is 1. The zero-order valence-electron chi connectivity index (χ0n) is 12.3. The van der Waals surface area contributed by atoms with Crippen LogP contribution in [0.15, 0.2) is 16.8 Å². The fourth-order valence-electron chi connectivity index (χ4n) is 2.95. The molecule has 1 aliphatic rings. The second-order valence-electron chi connectivity index (χ2n) is 5.65. The minimum atomic E-state index is -0.778. The van der Waals surface area contributed by atoms with Gasteiger partial charge in [0.1, 0.15) is 0 Å². The Labute approximate surface area is 129 Å². The van der Waals surface area contributed by atoms with Crippen molar-refractivity contribution in [2.45, 2.75) is 39.2 Å². The Hall–Kier alpha value is -1.56. The SMILES string of the molecule is CCCC1(C(=O)O)CCCN(C(=O)NCc2ccsc2)C1. The normalized spacial score (nSPS) is 22.0. The number of piperidine rings is 1. The average Bonchev–Trinajstić information content (AvgIpc) is 2.98. The van der Waals surface area contributed by atoms with Gasteiger partial charge in [0.05, 0.1) is 5.41 Å². The number of carbonyl (C=O) groups excluding carboxylic acids is 1. The molecule has 0 spiro atoms. The van der Waals surface area contributed by atoms with Crippen LogP contribution >= 0.6 is 11.3 Å². The Morgan fingerprint density at radius 3 is 2.95 bits per heavy atom. The average molecular weight is 310 g/mol. The third kappa shape index (κ3) is 3.75. The highest BCUT2D eigenvalue weighted by Gasteiger charge is 2.42. The molecule has 6 heteroatoms. The number of carboxylic acid groups (broad SMARTS) is 1. The third-order valence-corrected chi connectivity index (χ3v) is 4.80. The van der Waals surface area contributed by atoms with Gasteiger partial charge in [-0.2, -0.15) is 11.3 Å².